The lowest BCUT2D eigenvalue weighted by Gasteiger charge is -2.25. The molecule has 0 radical (unpaired) electrons. The van der Waals surface area contributed by atoms with Gasteiger partial charge in [-0.2, -0.15) is 15.2 Å². The van der Waals surface area contributed by atoms with Crippen LogP contribution in [0.3, 0.4) is 0 Å². The predicted octanol–water partition coefficient (Wildman–Crippen LogP) is 6.16. The lowest BCUT2D eigenvalue weighted by Crippen LogP contribution is -2.33. The molecule has 0 bridgehead atoms. The Labute approximate surface area is 373 Å². The highest BCUT2D eigenvalue weighted by Gasteiger charge is 2.28. The molecule has 2 fully saturated rings. The minimum absolute atomic E-state index is 0.0716. The van der Waals surface area contributed by atoms with Gasteiger partial charge in [0.15, 0.2) is 23.1 Å². The molecule has 2 aliphatic heterocycles. The first-order chi connectivity index (χ1) is 31.2. The van der Waals surface area contributed by atoms with Crippen molar-refractivity contribution < 1.29 is 14.9 Å². The van der Waals surface area contributed by atoms with Crippen LogP contribution in [0.1, 0.15) is 36.8 Å². The zero-order valence-corrected chi connectivity index (χ0v) is 35.8. The second-order valence-corrected chi connectivity index (χ2v) is 15.4. The Balaban J connectivity index is 0.000000144. The Morgan fingerprint density at radius 3 is 2.11 bits per heavy atom. The van der Waals surface area contributed by atoms with Crippen LogP contribution in [0.5, 0.6) is 5.75 Å². The molecule has 6 aromatic heterocycles. The number of nitrogens with two attached hydrogens (primary N) is 1. The van der Waals surface area contributed by atoms with E-state index in [1.54, 1.807) is 44.6 Å². The number of rotatable bonds is 9. The molecule has 8 aromatic rings. The van der Waals surface area contributed by atoms with E-state index in [1.165, 1.54) is 7.11 Å². The molecule has 8 heterocycles. The molecule has 2 saturated heterocycles. The Morgan fingerprint density at radius 1 is 0.875 bits per heavy atom. The van der Waals surface area contributed by atoms with Crippen LogP contribution in [-0.2, 0) is 0 Å². The SMILES string of the molecule is COc1cc(-n2cnc(N)c2)ccc1C#N.OC[C@@H]1CCCN1c1nc(Cl)nn2cccc12.[C-]#[N+]c1ccc(-n2cnc(Nc3nc(N4CCC[C@H]4CO)c4cccn4n3)c2)cc1C. The van der Waals surface area contributed by atoms with E-state index >= 15 is 0 Å². The molecular weight excluding hydrogens is 836 g/mol. The first-order valence-corrected chi connectivity index (χ1v) is 20.9. The van der Waals surface area contributed by atoms with Gasteiger partial charge in [-0.25, -0.2) is 23.8 Å². The van der Waals surface area contributed by atoms with Crippen LogP contribution in [0.2, 0.25) is 5.28 Å². The van der Waals surface area contributed by atoms with Crippen molar-refractivity contribution in [2.75, 3.05) is 54.3 Å². The molecule has 20 heteroatoms. The summed E-state index contributed by atoms with van der Waals surface area (Å²) in [5.41, 5.74) is 11.2. The molecule has 10 rings (SSSR count). The largest absolute Gasteiger partial charge is 0.495 e. The molecule has 0 saturated carbocycles. The first kappa shape index (κ1) is 43.0. The van der Waals surface area contributed by atoms with Crippen LogP contribution in [0.15, 0.2) is 98.1 Å². The summed E-state index contributed by atoms with van der Waals surface area (Å²) in [6.07, 6.45) is 14.6. The number of aryl methyl sites for hydroxylation is 1. The molecule has 0 aliphatic carbocycles. The lowest BCUT2D eigenvalue weighted by molar-refractivity contribution is 0.266. The third-order valence-corrected chi connectivity index (χ3v) is 11.2. The number of fused-ring (bicyclic) bond motifs is 2. The van der Waals surface area contributed by atoms with Crippen LogP contribution in [0, 0.1) is 24.8 Å². The average Bonchev–Trinajstić information content (AvgIpc) is 4.18. The summed E-state index contributed by atoms with van der Waals surface area (Å²) in [5, 5.41) is 40.0. The summed E-state index contributed by atoms with van der Waals surface area (Å²) in [6.45, 7) is 11.1. The van der Waals surface area contributed by atoms with Gasteiger partial charge in [-0.3, -0.25) is 0 Å². The molecule has 19 nitrogen and oxygen atoms in total. The number of aromatic nitrogens is 10. The summed E-state index contributed by atoms with van der Waals surface area (Å²) in [5.74, 6) is 3.66. The van der Waals surface area contributed by atoms with Crippen molar-refractivity contribution >= 4 is 57.5 Å². The van der Waals surface area contributed by atoms with Gasteiger partial charge in [-0.15, -0.1) is 10.2 Å². The van der Waals surface area contributed by atoms with Gasteiger partial charge in [0, 0.05) is 37.2 Å². The molecule has 0 spiro atoms. The Hall–Kier alpha value is -7.71. The molecule has 64 heavy (non-hydrogen) atoms. The predicted molar refractivity (Wildman–Crippen MR) is 243 cm³/mol. The number of anilines is 5. The van der Waals surface area contributed by atoms with Crippen LogP contribution < -0.4 is 25.6 Å². The number of methoxy groups -OCH3 is 1. The fraction of sp³-hybridized carbons (Fsp3) is 0.273. The number of ether oxygens (including phenoxy) is 1. The number of halogens is 1. The summed E-state index contributed by atoms with van der Waals surface area (Å²) in [4.78, 5) is 25.2. The van der Waals surface area contributed by atoms with Gasteiger partial charge < -0.3 is 44.9 Å². The molecule has 2 atom stereocenters. The number of nitrogens with one attached hydrogen (secondary N) is 1. The number of hydrogen-bond donors (Lipinski definition) is 4. The van der Waals surface area contributed by atoms with E-state index in [9.17, 15) is 10.2 Å². The number of nitriles is 1. The van der Waals surface area contributed by atoms with Crippen molar-refractivity contribution in [2.24, 2.45) is 0 Å². The fourth-order valence-electron chi connectivity index (χ4n) is 7.88. The standard InChI is InChI=1S/C22H22N8O.C11H13ClN4O.C11H10N4O/c1-15-11-16(7-8-18(15)23-2)28-12-20(24-14-28)25-22-26-21(19-6-4-10-30(19)27-22)29-9-3-5-17(29)13-31;12-11-13-10(9-4-2-6-16(9)14-11)15-5-1-3-8(15)7-17;1-16-10-4-9(3-2-8(10)5-12)15-6-11(13)14-7-15/h4,6-8,10-12,14,17,31H,3,5,9,13H2,1H3,(H,25,27);2,4,6,8,17H,1,3,5,7H2;2-4,6-7H,13H2,1H3/t17-;8-;/m00./s1. The molecule has 2 aliphatic rings. The van der Waals surface area contributed by atoms with Gasteiger partial charge in [0.1, 0.15) is 41.3 Å². The molecule has 2 aromatic carbocycles. The minimum Gasteiger partial charge on any atom is -0.495 e. The zero-order chi connectivity index (χ0) is 44.7. The molecule has 326 valence electrons. The van der Waals surface area contributed by atoms with Crippen molar-refractivity contribution in [1.29, 1.82) is 5.26 Å². The van der Waals surface area contributed by atoms with Gasteiger partial charge in [-0.1, -0.05) is 6.07 Å². The van der Waals surface area contributed by atoms with Crippen molar-refractivity contribution in [3.8, 4) is 23.2 Å². The Morgan fingerprint density at radius 2 is 1.50 bits per heavy atom. The van der Waals surface area contributed by atoms with Crippen LogP contribution in [-0.4, -0.2) is 104 Å². The highest BCUT2D eigenvalue weighted by molar-refractivity contribution is 6.28. The second kappa shape index (κ2) is 19.1. The molecule has 0 amide bonds. The van der Waals surface area contributed by atoms with Gasteiger partial charge in [0.2, 0.25) is 11.2 Å². The van der Waals surface area contributed by atoms with E-state index in [0.29, 0.717) is 34.6 Å². The number of nitrogens with zero attached hydrogens (tertiary/aromatic N) is 14. The summed E-state index contributed by atoms with van der Waals surface area (Å²) in [7, 11) is 1.53. The average molecular weight is 881 g/mol. The normalized spacial score (nSPS) is 15.6. The summed E-state index contributed by atoms with van der Waals surface area (Å²) in [6, 6.07) is 21.0. The highest BCUT2D eigenvalue weighted by Crippen LogP contribution is 2.31. The molecule has 5 N–H and O–H groups in total. The molecule has 0 unspecified atom stereocenters. The van der Waals surface area contributed by atoms with Gasteiger partial charge in [0.25, 0.3) is 0 Å². The summed E-state index contributed by atoms with van der Waals surface area (Å²) >= 11 is 5.92. The quantitative estimate of drug-likeness (QED) is 0.120. The van der Waals surface area contributed by atoms with E-state index in [4.69, 9.17) is 38.9 Å². The second-order valence-electron chi connectivity index (χ2n) is 15.1. The number of aliphatic hydroxyl groups excluding tert-OH is 2. The van der Waals surface area contributed by atoms with Crippen molar-refractivity contribution in [3.63, 3.8) is 0 Å². The van der Waals surface area contributed by atoms with Crippen molar-refractivity contribution in [3.05, 3.63) is 126 Å². The number of imidazole rings is 2. The van der Waals surface area contributed by atoms with Crippen LogP contribution in [0.25, 0.3) is 27.3 Å². The zero-order valence-electron chi connectivity index (χ0n) is 35.1. The third-order valence-electron chi connectivity index (χ3n) is 11.1. The highest BCUT2D eigenvalue weighted by atomic mass is 35.5. The number of benzene rings is 2. The van der Waals surface area contributed by atoms with Crippen molar-refractivity contribution in [1.82, 2.24) is 48.3 Å². The van der Waals surface area contributed by atoms with E-state index in [0.717, 1.165) is 78.4 Å². The van der Waals surface area contributed by atoms with E-state index < -0.39 is 0 Å². The first-order valence-electron chi connectivity index (χ1n) is 20.5. The van der Waals surface area contributed by atoms with Gasteiger partial charge >= 0.3 is 0 Å². The topological polar surface area (TPSA) is 218 Å². The van der Waals surface area contributed by atoms with Crippen LogP contribution in [0.4, 0.5) is 34.9 Å². The van der Waals surface area contributed by atoms with E-state index in [1.807, 2.05) is 78.6 Å². The number of nitrogen functional groups attached to an aromatic ring is 1. The van der Waals surface area contributed by atoms with Crippen molar-refractivity contribution in [2.45, 2.75) is 44.7 Å². The minimum atomic E-state index is 0.0716. The Bertz CT molecular complexity index is 2980. The maximum atomic E-state index is 9.75. The maximum Gasteiger partial charge on any atom is 0.248 e. The smallest absolute Gasteiger partial charge is 0.248 e. The Kier molecular flexibility index (Phi) is 12.8. The number of hydrogen-bond acceptors (Lipinski definition) is 14. The van der Waals surface area contributed by atoms with Crippen LogP contribution >= 0.6 is 11.6 Å². The number of aliphatic hydroxyl groups is 2. The fourth-order valence-corrected chi connectivity index (χ4v) is 8.04. The van der Waals surface area contributed by atoms with E-state index in [-0.39, 0.29) is 30.6 Å². The monoisotopic (exact) mass is 880 g/mol. The lowest BCUT2D eigenvalue weighted by atomic mass is 10.2. The molecular formula is C44H45ClN16O3. The summed E-state index contributed by atoms with van der Waals surface area (Å²) < 4.78 is 12.3. The third kappa shape index (κ3) is 9.08. The van der Waals surface area contributed by atoms with Gasteiger partial charge in [0.05, 0.1) is 62.6 Å². The van der Waals surface area contributed by atoms with Gasteiger partial charge in [-0.05, 0) is 98.3 Å². The van der Waals surface area contributed by atoms with E-state index in [2.05, 4.69) is 51.2 Å². The maximum absolute atomic E-state index is 9.75.